The van der Waals surface area contributed by atoms with Gasteiger partial charge in [0.05, 0.1) is 6.04 Å². The Hall–Kier alpha value is -1.18. The fourth-order valence-electron chi connectivity index (χ4n) is 0.847. The average Bonchev–Trinajstić information content (AvgIpc) is 2.05. The summed E-state index contributed by atoms with van der Waals surface area (Å²) in [6, 6.07) is 6.34. The van der Waals surface area contributed by atoms with Gasteiger partial charge in [0.1, 0.15) is 5.82 Å². The Labute approximate surface area is 65.6 Å². The van der Waals surface area contributed by atoms with Gasteiger partial charge in [-0.05, 0) is 31.3 Å². The molecule has 0 radical (unpaired) electrons. The lowest BCUT2D eigenvalue weighted by atomic mass is 10.1. The van der Waals surface area contributed by atoms with E-state index in [1.165, 1.54) is 12.1 Å². The molecule has 0 amide bonds. The van der Waals surface area contributed by atoms with E-state index in [1.54, 1.807) is 12.1 Å². The Morgan fingerprint density at radius 2 is 1.91 bits per heavy atom. The van der Waals surface area contributed by atoms with Crippen molar-refractivity contribution in [3.05, 3.63) is 35.6 Å². The van der Waals surface area contributed by atoms with Gasteiger partial charge in [0.2, 0.25) is 0 Å². The quantitative estimate of drug-likeness (QED) is 0.576. The summed E-state index contributed by atoms with van der Waals surface area (Å²) in [6.45, 7) is 5.33. The maximum Gasteiger partial charge on any atom is 0.123 e. The van der Waals surface area contributed by atoms with Crippen LogP contribution in [-0.4, -0.2) is 6.72 Å². The van der Waals surface area contributed by atoms with Crippen molar-refractivity contribution in [2.75, 3.05) is 0 Å². The highest BCUT2D eigenvalue weighted by Crippen LogP contribution is 2.15. The Morgan fingerprint density at radius 1 is 1.36 bits per heavy atom. The molecular weight excluding hydrogens is 141 g/mol. The molecule has 1 nitrogen and oxygen atoms in total. The van der Waals surface area contributed by atoms with E-state index in [4.69, 9.17) is 0 Å². The molecule has 1 atom stereocenters. The molecule has 0 saturated heterocycles. The highest BCUT2D eigenvalue weighted by atomic mass is 19.1. The highest BCUT2D eigenvalue weighted by molar-refractivity contribution is 5.28. The molecule has 0 N–H and O–H groups in total. The molecule has 2 heteroatoms. The van der Waals surface area contributed by atoms with Crippen LogP contribution in [0.2, 0.25) is 0 Å². The third kappa shape index (κ3) is 1.87. The highest BCUT2D eigenvalue weighted by Gasteiger charge is 1.99. The summed E-state index contributed by atoms with van der Waals surface area (Å²) in [5.41, 5.74) is 0.987. The minimum absolute atomic E-state index is 0.0515. The van der Waals surface area contributed by atoms with Crippen molar-refractivity contribution in [3.63, 3.8) is 0 Å². The van der Waals surface area contributed by atoms with Crippen LogP contribution in [0.3, 0.4) is 0 Å². The lowest BCUT2D eigenvalue weighted by Gasteiger charge is -2.03. The van der Waals surface area contributed by atoms with E-state index in [1.807, 2.05) is 6.92 Å². The third-order valence-electron chi connectivity index (χ3n) is 1.63. The molecule has 0 heterocycles. The average molecular weight is 151 g/mol. The molecule has 0 aliphatic carbocycles. The SMILES string of the molecule is C=NC(C)c1ccc(F)cc1. The number of nitrogens with zero attached hydrogens (tertiary/aromatic N) is 1. The van der Waals surface area contributed by atoms with Gasteiger partial charge in [-0.15, -0.1) is 0 Å². The lowest BCUT2D eigenvalue weighted by molar-refractivity contribution is 0.626. The number of rotatable bonds is 2. The molecule has 1 rings (SSSR count). The van der Waals surface area contributed by atoms with Gasteiger partial charge < -0.3 is 0 Å². The van der Waals surface area contributed by atoms with E-state index in [9.17, 15) is 4.39 Å². The maximum atomic E-state index is 12.4. The Morgan fingerprint density at radius 3 is 2.36 bits per heavy atom. The van der Waals surface area contributed by atoms with E-state index in [0.29, 0.717) is 0 Å². The zero-order valence-electron chi connectivity index (χ0n) is 6.42. The number of hydrogen-bond acceptors (Lipinski definition) is 1. The molecule has 1 aromatic rings. The second kappa shape index (κ2) is 3.28. The summed E-state index contributed by atoms with van der Waals surface area (Å²) in [5.74, 6) is -0.218. The number of benzene rings is 1. The summed E-state index contributed by atoms with van der Waals surface area (Å²) in [4.78, 5) is 3.82. The van der Waals surface area contributed by atoms with Gasteiger partial charge in [-0.3, -0.25) is 4.99 Å². The molecule has 11 heavy (non-hydrogen) atoms. The second-order valence-electron chi connectivity index (χ2n) is 2.41. The molecule has 0 aliphatic heterocycles. The summed E-state index contributed by atoms with van der Waals surface area (Å²) < 4.78 is 12.4. The zero-order valence-corrected chi connectivity index (χ0v) is 6.42. The van der Waals surface area contributed by atoms with Crippen LogP contribution in [0.25, 0.3) is 0 Å². The smallest absolute Gasteiger partial charge is 0.123 e. The molecule has 0 fully saturated rings. The van der Waals surface area contributed by atoms with Crippen LogP contribution in [-0.2, 0) is 0 Å². The molecule has 0 saturated carbocycles. The molecular formula is C9H10FN. The molecule has 0 bridgehead atoms. The Bertz CT molecular complexity index is 240. The predicted molar refractivity (Wildman–Crippen MR) is 44.4 cm³/mol. The summed E-state index contributed by atoms with van der Waals surface area (Å²) in [7, 11) is 0. The van der Waals surface area contributed by atoms with Gasteiger partial charge in [-0.25, -0.2) is 4.39 Å². The predicted octanol–water partition coefficient (Wildman–Crippen LogP) is 2.59. The van der Waals surface area contributed by atoms with Crippen molar-refractivity contribution in [2.24, 2.45) is 4.99 Å². The molecule has 0 aliphatic rings. The number of hydrogen-bond donors (Lipinski definition) is 0. The third-order valence-corrected chi connectivity index (χ3v) is 1.63. The first-order valence-corrected chi connectivity index (χ1v) is 3.45. The first kappa shape index (κ1) is 7.92. The van der Waals surface area contributed by atoms with Crippen LogP contribution in [0.4, 0.5) is 4.39 Å². The summed E-state index contributed by atoms with van der Waals surface area (Å²) in [6.07, 6.45) is 0. The number of aliphatic imine (C=N–C) groups is 1. The van der Waals surface area contributed by atoms with Crippen LogP contribution < -0.4 is 0 Å². The van der Waals surface area contributed by atoms with Gasteiger partial charge in [0.15, 0.2) is 0 Å². The standard InChI is InChI=1S/C9H10FN/c1-7(11-2)8-3-5-9(10)6-4-8/h3-7H,2H2,1H3. The van der Waals surface area contributed by atoms with Crippen molar-refractivity contribution in [3.8, 4) is 0 Å². The molecule has 0 aromatic heterocycles. The first-order chi connectivity index (χ1) is 5.24. The Kier molecular flexibility index (Phi) is 2.36. The zero-order chi connectivity index (χ0) is 8.27. The Balaban J connectivity index is 2.89. The van der Waals surface area contributed by atoms with Crippen molar-refractivity contribution in [1.29, 1.82) is 0 Å². The normalized spacial score (nSPS) is 12.5. The van der Waals surface area contributed by atoms with Gasteiger partial charge in [-0.1, -0.05) is 12.1 Å². The van der Waals surface area contributed by atoms with E-state index in [0.717, 1.165) is 5.56 Å². The molecule has 0 spiro atoms. The van der Waals surface area contributed by atoms with Crippen molar-refractivity contribution >= 4 is 6.72 Å². The van der Waals surface area contributed by atoms with Crippen LogP contribution >= 0.6 is 0 Å². The topological polar surface area (TPSA) is 12.4 Å². The van der Waals surface area contributed by atoms with Crippen LogP contribution in [0.15, 0.2) is 29.3 Å². The fourth-order valence-corrected chi connectivity index (χ4v) is 0.847. The van der Waals surface area contributed by atoms with Crippen molar-refractivity contribution in [2.45, 2.75) is 13.0 Å². The van der Waals surface area contributed by atoms with E-state index in [2.05, 4.69) is 11.7 Å². The van der Waals surface area contributed by atoms with Crippen LogP contribution in [0.5, 0.6) is 0 Å². The van der Waals surface area contributed by atoms with Crippen LogP contribution in [0.1, 0.15) is 18.5 Å². The summed E-state index contributed by atoms with van der Waals surface area (Å²) in [5, 5.41) is 0. The van der Waals surface area contributed by atoms with Crippen LogP contribution in [0, 0.1) is 5.82 Å². The molecule has 1 aromatic carbocycles. The molecule has 1 unspecified atom stereocenters. The van der Waals surface area contributed by atoms with E-state index in [-0.39, 0.29) is 11.9 Å². The summed E-state index contributed by atoms with van der Waals surface area (Å²) >= 11 is 0. The van der Waals surface area contributed by atoms with Gasteiger partial charge in [0, 0.05) is 0 Å². The number of halogens is 1. The lowest BCUT2D eigenvalue weighted by Crippen LogP contribution is -1.87. The fraction of sp³-hybridized carbons (Fsp3) is 0.222. The van der Waals surface area contributed by atoms with Gasteiger partial charge in [0.25, 0.3) is 0 Å². The van der Waals surface area contributed by atoms with Gasteiger partial charge >= 0.3 is 0 Å². The van der Waals surface area contributed by atoms with Crippen molar-refractivity contribution < 1.29 is 4.39 Å². The maximum absolute atomic E-state index is 12.4. The minimum atomic E-state index is -0.218. The monoisotopic (exact) mass is 151 g/mol. The minimum Gasteiger partial charge on any atom is -0.293 e. The first-order valence-electron chi connectivity index (χ1n) is 3.45. The van der Waals surface area contributed by atoms with E-state index >= 15 is 0 Å². The van der Waals surface area contributed by atoms with Crippen molar-refractivity contribution in [1.82, 2.24) is 0 Å². The van der Waals surface area contributed by atoms with E-state index < -0.39 is 0 Å². The van der Waals surface area contributed by atoms with Gasteiger partial charge in [-0.2, -0.15) is 0 Å². The molecule has 58 valence electrons. The second-order valence-corrected chi connectivity index (χ2v) is 2.41. The largest absolute Gasteiger partial charge is 0.293 e.